The second kappa shape index (κ2) is 13.0. The maximum absolute atomic E-state index is 13.5. The molecule has 1 saturated heterocycles. The first-order valence-electron chi connectivity index (χ1n) is 14.3. The molecule has 0 bridgehead atoms. The first-order chi connectivity index (χ1) is 21.5. The lowest BCUT2D eigenvalue weighted by Gasteiger charge is -2.36. The molecule has 0 unspecified atom stereocenters. The van der Waals surface area contributed by atoms with Crippen molar-refractivity contribution in [3.8, 4) is 0 Å². The fraction of sp³-hybridized carbons (Fsp3) is 0.355. The highest BCUT2D eigenvalue weighted by molar-refractivity contribution is 7.14. The molecule has 2 atom stereocenters. The number of ether oxygens (including phenoxy) is 2. The van der Waals surface area contributed by atoms with Gasteiger partial charge >= 0.3 is 12.1 Å². The number of nitrogens with zero attached hydrogens (tertiary/aromatic N) is 2. The van der Waals surface area contributed by atoms with Crippen molar-refractivity contribution in [2.75, 3.05) is 11.9 Å². The number of anilines is 1. The molecule has 14 heteroatoms. The first kappa shape index (κ1) is 31.6. The zero-order chi connectivity index (χ0) is 32.2. The molecule has 1 aliphatic heterocycles. The van der Waals surface area contributed by atoms with Crippen molar-refractivity contribution in [2.24, 2.45) is 10.9 Å². The summed E-state index contributed by atoms with van der Waals surface area (Å²) < 4.78 is 11.3. The van der Waals surface area contributed by atoms with E-state index < -0.39 is 53.3 Å². The minimum atomic E-state index is -1.42. The van der Waals surface area contributed by atoms with E-state index in [2.05, 4.69) is 26.1 Å². The highest BCUT2D eigenvalue weighted by Crippen LogP contribution is 2.43. The number of nitrogens with two attached hydrogens (primary N) is 1. The molecule has 5 rings (SSSR count). The van der Waals surface area contributed by atoms with E-state index in [0.29, 0.717) is 12.8 Å². The van der Waals surface area contributed by atoms with Gasteiger partial charge in [-0.1, -0.05) is 65.8 Å². The molecule has 0 spiro atoms. The van der Waals surface area contributed by atoms with Crippen LogP contribution in [0, 0.1) is 0 Å². The molecule has 236 valence electrons. The topological polar surface area (TPSA) is 183 Å². The van der Waals surface area contributed by atoms with Gasteiger partial charge in [0.25, 0.3) is 5.91 Å². The van der Waals surface area contributed by atoms with Crippen LogP contribution in [0.25, 0.3) is 0 Å². The number of esters is 1. The Balaban J connectivity index is 1.37. The molecule has 3 amide bonds. The fourth-order valence-corrected chi connectivity index (χ4v) is 5.11. The third-order valence-electron chi connectivity index (χ3n) is 6.94. The lowest BCUT2D eigenvalue weighted by Crippen LogP contribution is -2.71. The predicted molar refractivity (Wildman–Crippen MR) is 165 cm³/mol. The molecular formula is C31H34N6O7S. The molecule has 3 aromatic rings. The van der Waals surface area contributed by atoms with Gasteiger partial charge in [-0.3, -0.25) is 14.9 Å². The maximum atomic E-state index is 13.5. The van der Waals surface area contributed by atoms with Gasteiger partial charge in [0.15, 0.2) is 16.9 Å². The Hall–Kier alpha value is -4.82. The molecule has 1 aliphatic carbocycles. The van der Waals surface area contributed by atoms with E-state index in [0.717, 1.165) is 22.5 Å². The summed E-state index contributed by atoms with van der Waals surface area (Å²) in [7, 11) is 0. The van der Waals surface area contributed by atoms with Gasteiger partial charge in [0.05, 0.1) is 6.04 Å². The smallest absolute Gasteiger partial charge is 0.413 e. The summed E-state index contributed by atoms with van der Waals surface area (Å²) in [5.41, 5.74) is 4.82. The Bertz CT molecular complexity index is 1540. The minimum absolute atomic E-state index is 0.0446. The van der Waals surface area contributed by atoms with E-state index in [-0.39, 0.29) is 23.1 Å². The normalized spacial score (nSPS) is 18.7. The minimum Gasteiger partial charge on any atom is -0.450 e. The van der Waals surface area contributed by atoms with Crippen LogP contribution in [0.2, 0.25) is 0 Å². The predicted octanol–water partition coefficient (Wildman–Crippen LogP) is 3.02. The lowest BCUT2D eigenvalue weighted by molar-refractivity contribution is -0.164. The summed E-state index contributed by atoms with van der Waals surface area (Å²) in [6, 6.07) is 17.3. The summed E-state index contributed by atoms with van der Waals surface area (Å²) in [5.74, 6) is -1.83. The van der Waals surface area contributed by atoms with Gasteiger partial charge in [-0.25, -0.2) is 14.6 Å². The van der Waals surface area contributed by atoms with E-state index >= 15 is 0 Å². The van der Waals surface area contributed by atoms with Gasteiger partial charge in [-0.05, 0) is 31.9 Å². The van der Waals surface area contributed by atoms with E-state index in [1.54, 1.807) is 20.8 Å². The number of amides is 3. The van der Waals surface area contributed by atoms with Crippen LogP contribution in [-0.4, -0.2) is 64.4 Å². The summed E-state index contributed by atoms with van der Waals surface area (Å²) in [6.07, 6.45) is -0.809. The van der Waals surface area contributed by atoms with Crippen molar-refractivity contribution in [3.05, 3.63) is 82.9 Å². The number of β-lactam (4-membered cyclic amide) rings is 1. The van der Waals surface area contributed by atoms with Crippen molar-refractivity contribution in [2.45, 2.75) is 63.0 Å². The SMILES string of the molecule is CC(C)(C)OC(=O)Nc1nc(/C(=N\OC2(C(=O)OC(c3ccccc3)c3ccccc3)CC2)C(=O)N[C@@H]2C(=O)N[C@@H]2CN)cs1. The second-order valence-electron chi connectivity index (χ2n) is 11.6. The lowest BCUT2D eigenvalue weighted by atomic mass is 9.99. The third-order valence-corrected chi connectivity index (χ3v) is 7.70. The number of carbonyl (C=O) groups is 4. The molecule has 5 N–H and O–H groups in total. The van der Waals surface area contributed by atoms with E-state index in [1.807, 2.05) is 60.7 Å². The number of aromatic nitrogens is 1. The monoisotopic (exact) mass is 634 g/mol. The average Bonchev–Trinajstić information content (AvgIpc) is 3.67. The van der Waals surface area contributed by atoms with Crippen molar-refractivity contribution in [3.63, 3.8) is 0 Å². The number of thiazole rings is 1. The second-order valence-corrected chi connectivity index (χ2v) is 12.5. The largest absolute Gasteiger partial charge is 0.450 e. The van der Waals surface area contributed by atoms with Crippen LogP contribution in [0.15, 0.2) is 71.2 Å². The Kier molecular flexibility index (Phi) is 9.16. The summed E-state index contributed by atoms with van der Waals surface area (Å²) >= 11 is 1.02. The number of rotatable bonds is 11. The summed E-state index contributed by atoms with van der Waals surface area (Å²) in [4.78, 5) is 61.4. The standard InChI is InChI=1S/C31H34N6O7S/c1-30(2,3)43-29(41)36-28-34-21(17-45-28)23(26(39)35-22-20(16-32)33-25(22)38)37-44-31(14-15-31)27(40)42-24(18-10-6-4-7-11-18)19-12-8-5-9-13-19/h4-13,17,20,22,24H,14-16,32H2,1-3H3,(H,33,38)(H,35,39)(H,34,36,41)/b37-23+/t20-,22+/m1/s1. The molecule has 1 saturated carbocycles. The fourth-order valence-electron chi connectivity index (χ4n) is 4.43. The number of hydrogen-bond acceptors (Lipinski definition) is 11. The summed E-state index contributed by atoms with van der Waals surface area (Å²) in [6.45, 7) is 5.27. The van der Waals surface area contributed by atoms with Crippen molar-refractivity contribution in [1.29, 1.82) is 0 Å². The van der Waals surface area contributed by atoms with Gasteiger partial charge in [0, 0.05) is 24.8 Å². The number of oxime groups is 1. The number of carbonyl (C=O) groups excluding carboxylic acids is 4. The van der Waals surface area contributed by atoms with Gasteiger partial charge in [0.2, 0.25) is 11.5 Å². The highest BCUT2D eigenvalue weighted by Gasteiger charge is 2.56. The molecular weight excluding hydrogens is 600 g/mol. The third kappa shape index (κ3) is 7.64. The van der Waals surface area contributed by atoms with Crippen LogP contribution in [-0.2, 0) is 28.7 Å². The molecule has 13 nitrogen and oxygen atoms in total. The molecule has 2 aromatic carbocycles. The highest BCUT2D eigenvalue weighted by atomic mass is 32.1. The molecule has 2 heterocycles. The summed E-state index contributed by atoms with van der Waals surface area (Å²) in [5, 5.41) is 13.4. The van der Waals surface area contributed by atoms with Crippen molar-refractivity contribution in [1.82, 2.24) is 15.6 Å². The van der Waals surface area contributed by atoms with E-state index in [1.165, 1.54) is 5.38 Å². The van der Waals surface area contributed by atoms with E-state index in [4.69, 9.17) is 20.0 Å². The molecule has 2 fully saturated rings. The molecule has 1 aromatic heterocycles. The number of hydrogen-bond donors (Lipinski definition) is 4. The Morgan fingerprint density at radius 3 is 2.24 bits per heavy atom. The number of benzene rings is 2. The Morgan fingerprint density at radius 2 is 1.71 bits per heavy atom. The molecule has 0 radical (unpaired) electrons. The van der Waals surface area contributed by atoms with Crippen molar-refractivity contribution < 1.29 is 33.5 Å². The quantitative estimate of drug-likeness (QED) is 0.107. The molecule has 45 heavy (non-hydrogen) atoms. The van der Waals surface area contributed by atoms with Crippen molar-refractivity contribution >= 4 is 46.1 Å². The first-order valence-corrected chi connectivity index (χ1v) is 15.2. The average molecular weight is 635 g/mol. The van der Waals surface area contributed by atoms with Crippen LogP contribution in [0.4, 0.5) is 9.93 Å². The van der Waals surface area contributed by atoms with Crippen LogP contribution in [0.5, 0.6) is 0 Å². The van der Waals surface area contributed by atoms with Crippen LogP contribution < -0.4 is 21.7 Å². The van der Waals surface area contributed by atoms with Crippen LogP contribution >= 0.6 is 11.3 Å². The van der Waals surface area contributed by atoms with Gasteiger partial charge in [-0.15, -0.1) is 11.3 Å². The zero-order valence-electron chi connectivity index (χ0n) is 24.9. The Labute approximate surface area is 263 Å². The maximum Gasteiger partial charge on any atom is 0.413 e. The van der Waals surface area contributed by atoms with Gasteiger partial charge in [-0.2, -0.15) is 0 Å². The van der Waals surface area contributed by atoms with Crippen LogP contribution in [0.1, 0.15) is 56.5 Å². The number of nitrogens with one attached hydrogen (secondary N) is 3. The van der Waals surface area contributed by atoms with Gasteiger partial charge < -0.3 is 30.7 Å². The van der Waals surface area contributed by atoms with Crippen LogP contribution in [0.3, 0.4) is 0 Å². The van der Waals surface area contributed by atoms with E-state index in [9.17, 15) is 19.2 Å². The molecule has 2 aliphatic rings. The zero-order valence-corrected chi connectivity index (χ0v) is 25.8. The Morgan fingerprint density at radius 1 is 1.09 bits per heavy atom. The van der Waals surface area contributed by atoms with Gasteiger partial charge in [0.1, 0.15) is 17.3 Å².